The Hall–Kier alpha value is -3.23. The Morgan fingerprint density at radius 3 is 2.92 bits per heavy atom. The topological polar surface area (TPSA) is 121 Å². The van der Waals surface area contributed by atoms with Gasteiger partial charge in [-0.25, -0.2) is 4.98 Å². The summed E-state index contributed by atoms with van der Waals surface area (Å²) in [5, 5.41) is 18.0. The number of likely N-dealkylation sites (tertiary alicyclic amines) is 1. The lowest BCUT2D eigenvalue weighted by Gasteiger charge is -2.31. The number of aromatic nitrogens is 4. The molecule has 2 N–H and O–H groups in total. The summed E-state index contributed by atoms with van der Waals surface area (Å²) in [6.45, 7) is 1.11. The molecule has 1 aliphatic heterocycles. The Morgan fingerprint density at radius 2 is 2.16 bits per heavy atom. The van der Waals surface area contributed by atoms with E-state index in [4.69, 9.17) is 0 Å². The number of rotatable bonds is 3. The SMILES string of the molecule is O=C(c1cn[nH]c1[N+](=O)[O-])N1CCC(c2c[nH]c3ncccc23)CC1. The van der Waals surface area contributed by atoms with Crippen LogP contribution in [0.4, 0.5) is 5.82 Å². The average Bonchev–Trinajstić information content (AvgIpc) is 3.28. The van der Waals surface area contributed by atoms with E-state index in [1.165, 1.54) is 11.8 Å². The van der Waals surface area contributed by atoms with Crippen LogP contribution in [0.15, 0.2) is 30.7 Å². The lowest BCUT2D eigenvalue weighted by Crippen LogP contribution is -2.38. The molecule has 0 radical (unpaired) electrons. The molecular formula is C16H16N6O3. The fourth-order valence-corrected chi connectivity index (χ4v) is 3.45. The number of pyridine rings is 1. The predicted molar refractivity (Wildman–Crippen MR) is 89.2 cm³/mol. The van der Waals surface area contributed by atoms with Crippen LogP contribution in [0.3, 0.4) is 0 Å². The molecule has 128 valence electrons. The molecule has 9 nitrogen and oxygen atoms in total. The number of amides is 1. The van der Waals surface area contributed by atoms with Crippen LogP contribution in [-0.4, -0.2) is 49.0 Å². The lowest BCUT2D eigenvalue weighted by molar-refractivity contribution is -0.389. The Balaban J connectivity index is 1.49. The number of piperidine rings is 1. The van der Waals surface area contributed by atoms with Crippen LogP contribution in [0.1, 0.15) is 34.7 Å². The van der Waals surface area contributed by atoms with Crippen LogP contribution in [0.25, 0.3) is 11.0 Å². The Kier molecular flexibility index (Phi) is 3.68. The predicted octanol–water partition coefficient (Wildman–Crippen LogP) is 2.21. The lowest BCUT2D eigenvalue weighted by atomic mass is 9.89. The number of nitrogens with one attached hydrogen (secondary N) is 2. The summed E-state index contributed by atoms with van der Waals surface area (Å²) in [4.78, 5) is 32.0. The van der Waals surface area contributed by atoms with Crippen molar-refractivity contribution in [3.8, 4) is 0 Å². The molecule has 1 amide bonds. The zero-order chi connectivity index (χ0) is 17.4. The van der Waals surface area contributed by atoms with Crippen LogP contribution < -0.4 is 0 Å². The van der Waals surface area contributed by atoms with E-state index in [1.54, 1.807) is 11.1 Å². The Morgan fingerprint density at radius 1 is 1.36 bits per heavy atom. The van der Waals surface area contributed by atoms with Gasteiger partial charge in [0.05, 0.1) is 6.20 Å². The summed E-state index contributed by atoms with van der Waals surface area (Å²) >= 11 is 0. The monoisotopic (exact) mass is 340 g/mol. The summed E-state index contributed by atoms with van der Waals surface area (Å²) in [5.41, 5.74) is 2.09. The molecule has 1 saturated heterocycles. The molecule has 0 unspecified atom stereocenters. The molecule has 3 aromatic rings. The maximum Gasteiger partial charge on any atom is 0.355 e. The molecule has 0 saturated carbocycles. The molecule has 25 heavy (non-hydrogen) atoms. The fourth-order valence-electron chi connectivity index (χ4n) is 3.45. The van der Waals surface area contributed by atoms with E-state index in [2.05, 4.69) is 20.2 Å². The van der Waals surface area contributed by atoms with E-state index in [0.29, 0.717) is 19.0 Å². The van der Waals surface area contributed by atoms with Gasteiger partial charge in [-0.05, 0) is 41.4 Å². The number of aromatic amines is 2. The summed E-state index contributed by atoms with van der Waals surface area (Å²) < 4.78 is 0. The first-order valence-corrected chi connectivity index (χ1v) is 8.04. The minimum Gasteiger partial charge on any atom is -0.358 e. The van der Waals surface area contributed by atoms with E-state index in [-0.39, 0.29) is 17.3 Å². The number of hydrogen-bond acceptors (Lipinski definition) is 5. The van der Waals surface area contributed by atoms with Gasteiger partial charge in [0.15, 0.2) is 5.56 Å². The second-order valence-corrected chi connectivity index (χ2v) is 6.10. The standard InChI is InChI=1S/C16H16N6O3/c23-16(13-9-19-20-15(13)22(24)25)21-6-3-10(4-7-21)12-8-18-14-11(12)2-1-5-17-14/h1-2,5,8-10H,3-4,6-7H2,(H,17,18)(H,19,20). The molecule has 0 atom stereocenters. The quantitative estimate of drug-likeness (QED) is 0.559. The van der Waals surface area contributed by atoms with E-state index in [1.807, 2.05) is 18.3 Å². The van der Waals surface area contributed by atoms with E-state index in [9.17, 15) is 14.9 Å². The second-order valence-electron chi connectivity index (χ2n) is 6.10. The summed E-state index contributed by atoms with van der Waals surface area (Å²) in [6.07, 6.45) is 6.57. The van der Waals surface area contributed by atoms with Crippen molar-refractivity contribution < 1.29 is 9.72 Å². The molecule has 0 aromatic carbocycles. The number of hydrogen-bond donors (Lipinski definition) is 2. The molecule has 1 aliphatic rings. The zero-order valence-corrected chi connectivity index (χ0v) is 13.3. The van der Waals surface area contributed by atoms with Gasteiger partial charge in [-0.3, -0.25) is 4.79 Å². The van der Waals surface area contributed by atoms with Gasteiger partial charge in [0.25, 0.3) is 5.91 Å². The van der Waals surface area contributed by atoms with E-state index < -0.39 is 4.92 Å². The Labute approximate surface area is 142 Å². The van der Waals surface area contributed by atoms with Gasteiger partial charge in [-0.1, -0.05) is 5.10 Å². The first kappa shape index (κ1) is 15.3. The molecule has 0 aliphatic carbocycles. The molecule has 0 bridgehead atoms. The molecule has 4 heterocycles. The maximum absolute atomic E-state index is 12.5. The van der Waals surface area contributed by atoms with Gasteiger partial charge in [0.1, 0.15) is 5.65 Å². The van der Waals surface area contributed by atoms with Crippen molar-refractivity contribution >= 4 is 22.8 Å². The maximum atomic E-state index is 12.5. The minimum atomic E-state index is -0.619. The van der Waals surface area contributed by atoms with Gasteiger partial charge < -0.3 is 20.0 Å². The number of carbonyl (C=O) groups excluding carboxylic acids is 1. The van der Waals surface area contributed by atoms with E-state index >= 15 is 0 Å². The van der Waals surface area contributed by atoms with Crippen molar-refractivity contribution in [3.63, 3.8) is 0 Å². The number of carbonyl (C=O) groups is 1. The smallest absolute Gasteiger partial charge is 0.355 e. The van der Waals surface area contributed by atoms with Gasteiger partial charge in [0.2, 0.25) is 0 Å². The first-order chi connectivity index (χ1) is 12.1. The van der Waals surface area contributed by atoms with Crippen LogP contribution in [0.2, 0.25) is 0 Å². The highest BCUT2D eigenvalue weighted by Crippen LogP contribution is 2.33. The third kappa shape index (κ3) is 2.63. The summed E-state index contributed by atoms with van der Waals surface area (Å²) in [7, 11) is 0. The highest BCUT2D eigenvalue weighted by atomic mass is 16.6. The zero-order valence-electron chi connectivity index (χ0n) is 13.3. The van der Waals surface area contributed by atoms with Crippen LogP contribution >= 0.6 is 0 Å². The number of nitro groups is 1. The van der Waals surface area contributed by atoms with Crippen molar-refractivity contribution in [1.29, 1.82) is 0 Å². The molecule has 0 spiro atoms. The third-order valence-corrected chi connectivity index (χ3v) is 4.74. The second kappa shape index (κ2) is 6.00. The molecule has 4 rings (SSSR count). The first-order valence-electron chi connectivity index (χ1n) is 8.04. The summed E-state index contributed by atoms with van der Waals surface area (Å²) in [6, 6.07) is 3.96. The molecular weight excluding hydrogens is 324 g/mol. The van der Waals surface area contributed by atoms with Crippen molar-refractivity contribution in [1.82, 2.24) is 25.1 Å². The van der Waals surface area contributed by atoms with Crippen molar-refractivity contribution in [2.24, 2.45) is 0 Å². The van der Waals surface area contributed by atoms with Gasteiger partial charge in [-0.15, -0.1) is 5.10 Å². The largest absolute Gasteiger partial charge is 0.358 e. The van der Waals surface area contributed by atoms with Gasteiger partial charge in [0, 0.05) is 30.9 Å². The normalized spacial score (nSPS) is 15.6. The number of H-pyrrole nitrogens is 2. The molecule has 9 heteroatoms. The van der Waals surface area contributed by atoms with Crippen LogP contribution in [0, 0.1) is 10.1 Å². The van der Waals surface area contributed by atoms with Crippen LogP contribution in [-0.2, 0) is 0 Å². The van der Waals surface area contributed by atoms with Crippen molar-refractivity contribution in [2.45, 2.75) is 18.8 Å². The highest BCUT2D eigenvalue weighted by Gasteiger charge is 2.30. The minimum absolute atomic E-state index is 0.0137. The van der Waals surface area contributed by atoms with Crippen molar-refractivity contribution in [3.05, 3.63) is 52.0 Å². The molecule has 3 aromatic heterocycles. The number of nitrogens with zero attached hydrogens (tertiary/aromatic N) is 4. The highest BCUT2D eigenvalue weighted by molar-refractivity contribution is 5.97. The summed E-state index contributed by atoms with van der Waals surface area (Å²) in [5.74, 6) is -0.365. The van der Waals surface area contributed by atoms with Crippen molar-refractivity contribution in [2.75, 3.05) is 13.1 Å². The van der Waals surface area contributed by atoms with Gasteiger partial charge >= 0.3 is 5.82 Å². The third-order valence-electron chi connectivity index (χ3n) is 4.74. The molecule has 1 fully saturated rings. The average molecular weight is 340 g/mol. The Bertz CT molecular complexity index is 938. The fraction of sp³-hybridized carbons (Fsp3) is 0.312. The van der Waals surface area contributed by atoms with E-state index in [0.717, 1.165) is 23.9 Å². The number of fused-ring (bicyclic) bond motifs is 1. The van der Waals surface area contributed by atoms with Gasteiger partial charge in [-0.2, -0.15) is 0 Å². The van der Waals surface area contributed by atoms with Crippen LogP contribution in [0.5, 0.6) is 0 Å².